The molecule has 11 heteroatoms. The monoisotopic (exact) mass is 495 g/mol. The van der Waals surface area contributed by atoms with Gasteiger partial charge in [0.05, 0.1) is 42.2 Å². The summed E-state index contributed by atoms with van der Waals surface area (Å²) in [6.45, 7) is 2.97. The van der Waals surface area contributed by atoms with E-state index in [4.69, 9.17) is 21.3 Å². The van der Waals surface area contributed by atoms with Crippen molar-refractivity contribution in [2.24, 2.45) is 7.05 Å². The number of hydrogen-bond donors (Lipinski definition) is 0. The van der Waals surface area contributed by atoms with Gasteiger partial charge in [-0.2, -0.15) is 10.2 Å². The minimum atomic E-state index is -0.537. The van der Waals surface area contributed by atoms with Crippen LogP contribution >= 0.6 is 11.6 Å². The second kappa shape index (κ2) is 8.39. The van der Waals surface area contributed by atoms with Crippen molar-refractivity contribution in [2.45, 2.75) is 38.0 Å². The van der Waals surface area contributed by atoms with Crippen molar-refractivity contribution in [3.05, 3.63) is 63.5 Å². The van der Waals surface area contributed by atoms with Gasteiger partial charge in [0.15, 0.2) is 0 Å². The van der Waals surface area contributed by atoms with Crippen LogP contribution in [0.15, 0.2) is 41.6 Å². The van der Waals surface area contributed by atoms with E-state index in [1.807, 2.05) is 28.9 Å². The maximum Gasteiger partial charge on any atom is 0.293 e. The van der Waals surface area contributed by atoms with Crippen LogP contribution in [0.3, 0.4) is 0 Å². The number of fused-ring (bicyclic) bond motifs is 1. The third-order valence-electron chi connectivity index (χ3n) is 6.43. The highest BCUT2D eigenvalue weighted by Crippen LogP contribution is 2.36. The molecular weight excluding hydrogens is 473 g/mol. The molecule has 1 saturated heterocycles. The maximum atomic E-state index is 14.9. The Morgan fingerprint density at radius 3 is 2.74 bits per heavy atom. The number of aromatic nitrogens is 6. The van der Waals surface area contributed by atoms with Crippen LogP contribution in [0.4, 0.5) is 10.3 Å². The van der Waals surface area contributed by atoms with Crippen molar-refractivity contribution in [3.8, 4) is 11.3 Å². The van der Waals surface area contributed by atoms with Gasteiger partial charge in [0.25, 0.3) is 5.56 Å². The van der Waals surface area contributed by atoms with E-state index in [0.717, 1.165) is 18.4 Å². The topological polar surface area (TPSA) is 91.0 Å². The molecule has 0 spiro atoms. The second-order valence-electron chi connectivity index (χ2n) is 9.16. The Morgan fingerprint density at radius 2 is 1.97 bits per heavy atom. The van der Waals surface area contributed by atoms with Crippen molar-refractivity contribution in [1.29, 1.82) is 0 Å². The molecule has 9 nitrogen and oxygen atoms in total. The van der Waals surface area contributed by atoms with Gasteiger partial charge < -0.3 is 9.64 Å². The van der Waals surface area contributed by atoms with Gasteiger partial charge in [-0.15, -0.1) is 0 Å². The summed E-state index contributed by atoms with van der Waals surface area (Å²) in [7, 11) is 1.55. The molecule has 4 heterocycles. The van der Waals surface area contributed by atoms with E-state index in [1.54, 1.807) is 19.2 Å². The largest absolute Gasteiger partial charge is 0.367 e. The zero-order valence-electron chi connectivity index (χ0n) is 19.2. The molecule has 2 fully saturated rings. The van der Waals surface area contributed by atoms with E-state index >= 15 is 0 Å². The first-order valence-electron chi connectivity index (χ1n) is 11.5. The summed E-state index contributed by atoms with van der Waals surface area (Å²) in [5.41, 5.74) is 1.29. The Morgan fingerprint density at radius 1 is 1.14 bits per heavy atom. The number of rotatable bonds is 4. The van der Waals surface area contributed by atoms with Crippen molar-refractivity contribution in [3.63, 3.8) is 0 Å². The van der Waals surface area contributed by atoms with Crippen LogP contribution in [0.5, 0.6) is 0 Å². The molecule has 2 aliphatic rings. The van der Waals surface area contributed by atoms with E-state index in [9.17, 15) is 9.18 Å². The normalized spacial score (nSPS) is 20.5. The Bertz CT molecular complexity index is 1500. The molecule has 35 heavy (non-hydrogen) atoms. The Labute approximate surface area is 205 Å². The molecule has 3 aromatic heterocycles. The first-order valence-corrected chi connectivity index (χ1v) is 11.9. The average molecular weight is 496 g/mol. The summed E-state index contributed by atoms with van der Waals surface area (Å²) in [6, 6.07) is 4.85. The minimum absolute atomic E-state index is 0.117. The molecule has 180 valence electrons. The predicted molar refractivity (Wildman–Crippen MR) is 129 cm³/mol. The Balaban J connectivity index is 1.45. The number of hydrogen-bond acceptors (Lipinski definition) is 7. The fourth-order valence-electron chi connectivity index (χ4n) is 4.48. The molecular formula is C24H23ClFN7O2. The fraction of sp³-hybridized carbons (Fsp3) is 0.375. The number of halogens is 2. The van der Waals surface area contributed by atoms with E-state index in [2.05, 4.69) is 15.2 Å². The summed E-state index contributed by atoms with van der Waals surface area (Å²) in [4.78, 5) is 24.3. The van der Waals surface area contributed by atoms with Gasteiger partial charge >= 0.3 is 0 Å². The lowest BCUT2D eigenvalue weighted by atomic mass is 10.1. The Hall–Kier alpha value is -3.37. The van der Waals surface area contributed by atoms with Gasteiger partial charge in [0.1, 0.15) is 17.4 Å². The van der Waals surface area contributed by atoms with Crippen molar-refractivity contribution in [2.75, 3.05) is 18.0 Å². The highest BCUT2D eigenvalue weighted by molar-refractivity contribution is 6.30. The number of anilines is 1. The minimum Gasteiger partial charge on any atom is -0.367 e. The molecule has 1 aliphatic carbocycles. The third-order valence-corrected chi connectivity index (χ3v) is 6.67. The second-order valence-corrected chi connectivity index (χ2v) is 9.59. The number of benzene rings is 1. The lowest BCUT2D eigenvalue weighted by Gasteiger charge is -2.36. The van der Waals surface area contributed by atoms with Gasteiger partial charge in [-0.05, 0) is 38.0 Å². The quantitative estimate of drug-likeness (QED) is 0.426. The van der Waals surface area contributed by atoms with Crippen LogP contribution in [0, 0.1) is 5.82 Å². The van der Waals surface area contributed by atoms with E-state index in [0.29, 0.717) is 36.2 Å². The summed E-state index contributed by atoms with van der Waals surface area (Å²) >= 11 is 5.97. The van der Waals surface area contributed by atoms with Crippen molar-refractivity contribution in [1.82, 2.24) is 29.5 Å². The Kier molecular flexibility index (Phi) is 5.30. The first-order chi connectivity index (χ1) is 16.9. The summed E-state index contributed by atoms with van der Waals surface area (Å²) in [5, 5.41) is 9.24. The molecule has 2 atom stereocenters. The van der Waals surface area contributed by atoms with Crippen molar-refractivity contribution >= 4 is 28.5 Å². The van der Waals surface area contributed by atoms with Crippen LogP contribution in [-0.2, 0) is 11.8 Å². The SMILES string of the molecule is C[C@@H]1CN(c2nc(-c3ccc(Cl)cc3F)c3cnn(C)c(=O)c3n2)C[C@H](c2cnn(C3CC3)c2)O1. The zero-order chi connectivity index (χ0) is 24.3. The van der Waals surface area contributed by atoms with E-state index in [1.165, 1.54) is 16.9 Å². The van der Waals surface area contributed by atoms with Crippen LogP contribution < -0.4 is 10.5 Å². The molecule has 6 rings (SSSR count). The lowest BCUT2D eigenvalue weighted by Crippen LogP contribution is -2.43. The zero-order valence-corrected chi connectivity index (χ0v) is 20.0. The highest BCUT2D eigenvalue weighted by Gasteiger charge is 2.31. The number of aryl methyl sites for hydroxylation is 1. The molecule has 0 bridgehead atoms. The molecule has 1 aromatic carbocycles. The number of morpholine rings is 1. The summed E-state index contributed by atoms with van der Waals surface area (Å²) in [6.07, 6.45) is 7.31. The fourth-order valence-corrected chi connectivity index (χ4v) is 4.64. The van der Waals surface area contributed by atoms with Gasteiger partial charge in [-0.25, -0.2) is 19.0 Å². The molecule has 0 N–H and O–H groups in total. The van der Waals surface area contributed by atoms with Crippen LogP contribution in [0.2, 0.25) is 5.02 Å². The first kappa shape index (κ1) is 22.1. The molecule has 4 aromatic rings. The van der Waals surface area contributed by atoms with Gasteiger partial charge in [0.2, 0.25) is 5.95 Å². The van der Waals surface area contributed by atoms with Crippen LogP contribution in [0.1, 0.15) is 37.5 Å². The predicted octanol–water partition coefficient (Wildman–Crippen LogP) is 3.68. The molecule has 1 aliphatic heterocycles. The molecule has 1 saturated carbocycles. The molecule has 0 radical (unpaired) electrons. The maximum absolute atomic E-state index is 14.9. The van der Waals surface area contributed by atoms with Crippen LogP contribution in [-0.4, -0.2) is 48.7 Å². The molecule has 0 amide bonds. The molecule has 0 unspecified atom stereocenters. The van der Waals surface area contributed by atoms with E-state index < -0.39 is 5.82 Å². The van der Waals surface area contributed by atoms with E-state index in [-0.39, 0.29) is 33.9 Å². The summed E-state index contributed by atoms with van der Waals surface area (Å²) < 4.78 is 24.4. The van der Waals surface area contributed by atoms with Gasteiger partial charge in [-0.1, -0.05) is 11.6 Å². The smallest absolute Gasteiger partial charge is 0.293 e. The third kappa shape index (κ3) is 4.06. The standard InChI is InChI=1S/C24H23ClFN7O2/c1-13-10-32(12-20(35-13)14-8-28-33(11-14)16-4-5-16)24-29-21(17-6-3-15(25)7-19(17)26)18-9-27-31(2)23(34)22(18)30-24/h3,6-9,11,13,16,20H,4-5,10,12H2,1-2H3/t13-,20-/m1/s1. The summed E-state index contributed by atoms with van der Waals surface area (Å²) in [5.74, 6) is -0.204. The number of ether oxygens (including phenoxy) is 1. The van der Waals surface area contributed by atoms with Gasteiger partial charge in [0, 0.05) is 35.9 Å². The highest BCUT2D eigenvalue weighted by atomic mass is 35.5. The average Bonchev–Trinajstić information content (AvgIpc) is 3.57. The van der Waals surface area contributed by atoms with Crippen molar-refractivity contribution < 1.29 is 9.13 Å². The lowest BCUT2D eigenvalue weighted by molar-refractivity contribution is -0.0178. The van der Waals surface area contributed by atoms with Crippen LogP contribution in [0.25, 0.3) is 22.2 Å². The number of nitrogens with zero attached hydrogens (tertiary/aromatic N) is 7. The van der Waals surface area contributed by atoms with Gasteiger partial charge in [-0.3, -0.25) is 9.48 Å².